The van der Waals surface area contributed by atoms with Gasteiger partial charge in [0.15, 0.2) is 5.82 Å². The minimum atomic E-state index is -0.231. The number of rotatable bonds is 2. The van der Waals surface area contributed by atoms with Crippen LogP contribution in [-0.2, 0) is 12.6 Å². The van der Waals surface area contributed by atoms with Gasteiger partial charge in [-0.3, -0.25) is 4.68 Å². The molecule has 1 aromatic heterocycles. The van der Waals surface area contributed by atoms with E-state index in [0.717, 1.165) is 24.5 Å². The SMILES string of the molecule is Cn1nc(C2CC2)nc1C1(N)CCCCCC1. The average Bonchev–Trinajstić information content (AvgIpc) is 3.09. The van der Waals surface area contributed by atoms with E-state index < -0.39 is 0 Å². The molecule has 94 valence electrons. The first kappa shape index (κ1) is 11.2. The number of nitrogens with zero attached hydrogens (tertiary/aromatic N) is 3. The summed E-state index contributed by atoms with van der Waals surface area (Å²) in [5, 5.41) is 4.55. The van der Waals surface area contributed by atoms with Gasteiger partial charge in [0, 0.05) is 13.0 Å². The highest BCUT2D eigenvalue weighted by molar-refractivity contribution is 5.12. The Bertz CT molecular complexity index is 398. The Morgan fingerprint density at radius 1 is 1.18 bits per heavy atom. The van der Waals surface area contributed by atoms with Crippen molar-refractivity contribution in [1.82, 2.24) is 14.8 Å². The van der Waals surface area contributed by atoms with Crippen LogP contribution in [0, 0.1) is 0 Å². The fourth-order valence-electron chi connectivity index (χ4n) is 2.94. The van der Waals surface area contributed by atoms with Gasteiger partial charge in [0.05, 0.1) is 5.54 Å². The number of nitrogens with two attached hydrogens (primary N) is 1. The maximum absolute atomic E-state index is 6.59. The second kappa shape index (κ2) is 4.09. The average molecular weight is 234 g/mol. The lowest BCUT2D eigenvalue weighted by Crippen LogP contribution is -2.38. The molecule has 2 aliphatic carbocycles. The van der Waals surface area contributed by atoms with E-state index in [4.69, 9.17) is 10.7 Å². The summed E-state index contributed by atoms with van der Waals surface area (Å²) in [6, 6.07) is 0. The molecule has 0 unspecified atom stereocenters. The third-order valence-electron chi connectivity index (χ3n) is 4.16. The molecule has 0 radical (unpaired) electrons. The molecule has 0 atom stereocenters. The van der Waals surface area contributed by atoms with E-state index in [1.807, 2.05) is 11.7 Å². The van der Waals surface area contributed by atoms with Crippen molar-refractivity contribution in [2.75, 3.05) is 0 Å². The van der Waals surface area contributed by atoms with Crippen molar-refractivity contribution in [2.24, 2.45) is 12.8 Å². The maximum Gasteiger partial charge on any atom is 0.154 e. The van der Waals surface area contributed by atoms with E-state index in [2.05, 4.69) is 5.10 Å². The standard InChI is InChI=1S/C13H22N4/c1-17-12(15-11(16-17)10-6-7-10)13(14)8-4-2-3-5-9-13/h10H,2-9,14H2,1H3. The van der Waals surface area contributed by atoms with Crippen molar-refractivity contribution < 1.29 is 0 Å². The Balaban J connectivity index is 1.89. The Labute approximate surface area is 103 Å². The van der Waals surface area contributed by atoms with Gasteiger partial charge in [-0.2, -0.15) is 5.10 Å². The molecule has 2 saturated carbocycles. The summed E-state index contributed by atoms with van der Waals surface area (Å²) in [4.78, 5) is 4.74. The smallest absolute Gasteiger partial charge is 0.154 e. The first-order valence-electron chi connectivity index (χ1n) is 6.89. The Morgan fingerprint density at radius 3 is 2.41 bits per heavy atom. The Morgan fingerprint density at radius 2 is 1.82 bits per heavy atom. The molecule has 0 bridgehead atoms. The van der Waals surface area contributed by atoms with Gasteiger partial charge in [0.25, 0.3) is 0 Å². The lowest BCUT2D eigenvalue weighted by Gasteiger charge is -2.26. The minimum absolute atomic E-state index is 0.231. The summed E-state index contributed by atoms with van der Waals surface area (Å²) >= 11 is 0. The second-order valence-corrected chi connectivity index (χ2v) is 5.76. The van der Waals surface area contributed by atoms with E-state index in [1.54, 1.807) is 0 Å². The molecule has 0 aliphatic heterocycles. The fraction of sp³-hybridized carbons (Fsp3) is 0.846. The lowest BCUT2D eigenvalue weighted by molar-refractivity contribution is 0.348. The monoisotopic (exact) mass is 234 g/mol. The Kier molecular flexibility index (Phi) is 2.69. The number of hydrogen-bond donors (Lipinski definition) is 1. The van der Waals surface area contributed by atoms with E-state index in [0.29, 0.717) is 5.92 Å². The molecule has 1 heterocycles. The summed E-state index contributed by atoms with van der Waals surface area (Å²) in [5.41, 5.74) is 6.36. The molecular weight excluding hydrogens is 212 g/mol. The molecule has 0 amide bonds. The molecule has 3 rings (SSSR count). The number of aromatic nitrogens is 3. The summed E-state index contributed by atoms with van der Waals surface area (Å²) in [6.45, 7) is 0. The summed E-state index contributed by atoms with van der Waals surface area (Å²) < 4.78 is 1.93. The first-order chi connectivity index (χ1) is 8.19. The van der Waals surface area contributed by atoms with Crippen molar-refractivity contribution in [3.05, 3.63) is 11.6 Å². The van der Waals surface area contributed by atoms with Crippen LogP contribution in [-0.4, -0.2) is 14.8 Å². The zero-order valence-corrected chi connectivity index (χ0v) is 10.7. The highest BCUT2D eigenvalue weighted by Gasteiger charge is 2.36. The first-order valence-corrected chi connectivity index (χ1v) is 6.89. The van der Waals surface area contributed by atoms with Crippen LogP contribution in [0.2, 0.25) is 0 Å². The lowest BCUT2D eigenvalue weighted by atomic mass is 9.90. The largest absolute Gasteiger partial charge is 0.319 e. The van der Waals surface area contributed by atoms with Gasteiger partial charge in [-0.25, -0.2) is 4.98 Å². The van der Waals surface area contributed by atoms with Gasteiger partial charge >= 0.3 is 0 Å². The van der Waals surface area contributed by atoms with Gasteiger partial charge < -0.3 is 5.73 Å². The molecule has 0 aromatic carbocycles. The third-order valence-corrected chi connectivity index (χ3v) is 4.16. The van der Waals surface area contributed by atoms with Gasteiger partial charge in [-0.1, -0.05) is 25.7 Å². The van der Waals surface area contributed by atoms with Gasteiger partial charge in [0.2, 0.25) is 0 Å². The van der Waals surface area contributed by atoms with Crippen LogP contribution in [0.4, 0.5) is 0 Å². The third kappa shape index (κ3) is 2.10. The summed E-state index contributed by atoms with van der Waals surface area (Å²) in [6.07, 6.45) is 9.69. The van der Waals surface area contributed by atoms with E-state index in [9.17, 15) is 0 Å². The second-order valence-electron chi connectivity index (χ2n) is 5.76. The quantitative estimate of drug-likeness (QED) is 0.798. The van der Waals surface area contributed by atoms with Crippen LogP contribution >= 0.6 is 0 Å². The van der Waals surface area contributed by atoms with Crippen molar-refractivity contribution in [1.29, 1.82) is 0 Å². The fourth-order valence-corrected chi connectivity index (χ4v) is 2.94. The molecule has 2 fully saturated rings. The molecule has 17 heavy (non-hydrogen) atoms. The molecule has 4 heteroatoms. The molecule has 0 saturated heterocycles. The summed E-state index contributed by atoms with van der Waals surface area (Å²) in [7, 11) is 1.99. The van der Waals surface area contributed by atoms with Crippen LogP contribution in [0.5, 0.6) is 0 Å². The van der Waals surface area contributed by atoms with Gasteiger partial charge in [0.1, 0.15) is 5.82 Å². The maximum atomic E-state index is 6.59. The van der Waals surface area contributed by atoms with Gasteiger partial charge in [-0.05, 0) is 25.7 Å². The van der Waals surface area contributed by atoms with Crippen molar-refractivity contribution in [2.45, 2.75) is 62.8 Å². The summed E-state index contributed by atoms with van der Waals surface area (Å²) in [5.74, 6) is 2.65. The Hall–Kier alpha value is -0.900. The number of aryl methyl sites for hydroxylation is 1. The van der Waals surface area contributed by atoms with E-state index in [1.165, 1.54) is 38.5 Å². The topological polar surface area (TPSA) is 56.7 Å². The highest BCUT2D eigenvalue weighted by Crippen LogP contribution is 2.39. The van der Waals surface area contributed by atoms with Crippen LogP contribution in [0.3, 0.4) is 0 Å². The van der Waals surface area contributed by atoms with E-state index in [-0.39, 0.29) is 5.54 Å². The van der Waals surface area contributed by atoms with Crippen LogP contribution in [0.15, 0.2) is 0 Å². The number of hydrogen-bond acceptors (Lipinski definition) is 3. The normalized spacial score (nSPS) is 24.6. The highest BCUT2D eigenvalue weighted by atomic mass is 15.3. The predicted octanol–water partition coefficient (Wildman–Crippen LogP) is 2.20. The molecule has 1 aromatic rings. The van der Waals surface area contributed by atoms with Crippen LogP contribution in [0.25, 0.3) is 0 Å². The van der Waals surface area contributed by atoms with Crippen molar-refractivity contribution in [3.8, 4) is 0 Å². The van der Waals surface area contributed by atoms with Crippen LogP contribution in [0.1, 0.15) is 68.9 Å². The van der Waals surface area contributed by atoms with Crippen molar-refractivity contribution in [3.63, 3.8) is 0 Å². The molecule has 2 N–H and O–H groups in total. The molecule has 4 nitrogen and oxygen atoms in total. The van der Waals surface area contributed by atoms with Gasteiger partial charge in [-0.15, -0.1) is 0 Å². The molecule has 0 spiro atoms. The molecular formula is C13H22N4. The zero-order valence-electron chi connectivity index (χ0n) is 10.7. The predicted molar refractivity (Wildman–Crippen MR) is 66.5 cm³/mol. The van der Waals surface area contributed by atoms with Crippen molar-refractivity contribution >= 4 is 0 Å². The van der Waals surface area contributed by atoms with Crippen LogP contribution < -0.4 is 5.73 Å². The zero-order chi connectivity index (χ0) is 11.9. The minimum Gasteiger partial charge on any atom is -0.319 e. The van der Waals surface area contributed by atoms with E-state index >= 15 is 0 Å². The molecule has 2 aliphatic rings.